The highest BCUT2D eigenvalue weighted by Gasteiger charge is 2.18. The van der Waals surface area contributed by atoms with Crippen LogP contribution in [0.15, 0.2) is 23.6 Å². The second-order valence-corrected chi connectivity index (χ2v) is 6.39. The quantitative estimate of drug-likeness (QED) is 0.852. The molecule has 2 rings (SSSR count). The average Bonchev–Trinajstić information content (AvgIpc) is 2.96. The van der Waals surface area contributed by atoms with Gasteiger partial charge in [0.1, 0.15) is 5.00 Å². The summed E-state index contributed by atoms with van der Waals surface area (Å²) in [7, 11) is 0. The minimum atomic E-state index is -0.524. The molecule has 0 radical (unpaired) electrons. The van der Waals surface area contributed by atoms with Gasteiger partial charge in [0.2, 0.25) is 5.91 Å². The Bertz CT molecular complexity index is 670. The van der Waals surface area contributed by atoms with Crippen molar-refractivity contribution in [1.29, 1.82) is 0 Å². The third-order valence-corrected chi connectivity index (χ3v) is 4.77. The van der Waals surface area contributed by atoms with Crippen molar-refractivity contribution in [3.8, 4) is 0 Å². The molecule has 2 heterocycles. The van der Waals surface area contributed by atoms with Crippen molar-refractivity contribution in [2.75, 3.05) is 5.32 Å². The number of primary amides is 1. The number of rotatable bonds is 4. The van der Waals surface area contributed by atoms with Gasteiger partial charge in [-0.15, -0.1) is 22.7 Å². The predicted octanol–water partition coefficient (Wildman–Crippen LogP) is 3.18. The smallest absolute Gasteiger partial charge is 0.251 e. The van der Waals surface area contributed by atoms with Gasteiger partial charge >= 0.3 is 0 Å². The fourth-order valence-electron chi connectivity index (χ4n) is 1.71. The van der Waals surface area contributed by atoms with E-state index in [4.69, 9.17) is 5.73 Å². The monoisotopic (exact) mass is 306 g/mol. The maximum atomic E-state index is 11.9. The lowest BCUT2D eigenvalue weighted by atomic mass is 10.1. The number of hydrogen-bond acceptors (Lipinski definition) is 4. The van der Waals surface area contributed by atoms with Crippen LogP contribution in [-0.4, -0.2) is 11.8 Å². The van der Waals surface area contributed by atoms with Crippen LogP contribution < -0.4 is 11.1 Å². The first-order chi connectivity index (χ1) is 9.49. The van der Waals surface area contributed by atoms with Crippen molar-refractivity contribution in [3.05, 3.63) is 44.5 Å². The Labute approximate surface area is 124 Å². The first-order valence-corrected chi connectivity index (χ1v) is 7.61. The van der Waals surface area contributed by atoms with E-state index in [1.165, 1.54) is 17.4 Å². The van der Waals surface area contributed by atoms with E-state index in [0.29, 0.717) is 10.6 Å². The van der Waals surface area contributed by atoms with E-state index in [1.54, 1.807) is 17.4 Å². The average molecular weight is 306 g/mol. The molecule has 0 unspecified atom stereocenters. The molecule has 2 amide bonds. The normalized spacial score (nSPS) is 10.9. The highest BCUT2D eigenvalue weighted by molar-refractivity contribution is 7.16. The molecular formula is C14H14N2O2S2. The van der Waals surface area contributed by atoms with Crippen LogP contribution in [0.2, 0.25) is 0 Å². The number of anilines is 1. The molecule has 0 aromatic carbocycles. The number of carbonyl (C=O) groups excluding carboxylic acids is 2. The lowest BCUT2D eigenvalue weighted by molar-refractivity contribution is -0.111. The van der Waals surface area contributed by atoms with E-state index in [2.05, 4.69) is 5.32 Å². The van der Waals surface area contributed by atoms with Gasteiger partial charge in [-0.2, -0.15) is 0 Å². The van der Waals surface area contributed by atoms with Crippen molar-refractivity contribution >= 4 is 45.6 Å². The van der Waals surface area contributed by atoms with Crippen molar-refractivity contribution in [2.24, 2.45) is 5.73 Å². The first kappa shape index (κ1) is 14.5. The Morgan fingerprint density at radius 3 is 2.70 bits per heavy atom. The molecule has 6 heteroatoms. The minimum absolute atomic E-state index is 0.276. The van der Waals surface area contributed by atoms with E-state index in [0.717, 1.165) is 15.3 Å². The lowest BCUT2D eigenvalue weighted by Gasteiger charge is -2.01. The van der Waals surface area contributed by atoms with Gasteiger partial charge in [0, 0.05) is 15.8 Å². The molecule has 4 nitrogen and oxygen atoms in total. The fraction of sp³-hybridized carbons (Fsp3) is 0.143. The Morgan fingerprint density at radius 1 is 1.35 bits per heavy atom. The summed E-state index contributed by atoms with van der Waals surface area (Å²) in [5, 5.41) is 5.16. The van der Waals surface area contributed by atoms with Gasteiger partial charge in [-0.1, -0.05) is 6.07 Å². The molecule has 0 atom stereocenters. The molecular weight excluding hydrogens is 292 g/mol. The Morgan fingerprint density at radius 2 is 2.10 bits per heavy atom. The number of amides is 2. The summed E-state index contributed by atoms with van der Waals surface area (Å²) in [6.07, 6.45) is 3.18. The van der Waals surface area contributed by atoms with Crippen LogP contribution >= 0.6 is 22.7 Å². The zero-order chi connectivity index (χ0) is 14.7. The number of hydrogen-bond donors (Lipinski definition) is 2. The van der Waals surface area contributed by atoms with Gasteiger partial charge in [0.15, 0.2) is 0 Å². The first-order valence-electron chi connectivity index (χ1n) is 5.91. The van der Waals surface area contributed by atoms with Crippen molar-refractivity contribution in [3.63, 3.8) is 0 Å². The maximum Gasteiger partial charge on any atom is 0.251 e. The molecule has 0 bridgehead atoms. The zero-order valence-corrected chi connectivity index (χ0v) is 12.7. The number of carbonyl (C=O) groups is 2. The number of aryl methyl sites for hydroxylation is 1. The van der Waals surface area contributed by atoms with Gasteiger partial charge in [-0.25, -0.2) is 0 Å². The molecule has 0 fully saturated rings. The van der Waals surface area contributed by atoms with Gasteiger partial charge in [0.25, 0.3) is 5.91 Å². The van der Waals surface area contributed by atoms with Crippen molar-refractivity contribution in [2.45, 2.75) is 13.8 Å². The standard InChI is InChI=1S/C14H14N2O2S2/c1-8-9(2)20-14(12(8)13(15)18)16-11(17)6-5-10-4-3-7-19-10/h3-7H,1-2H3,(H2,15,18)(H,16,17)/b6-5+. The summed E-state index contributed by atoms with van der Waals surface area (Å²) in [5.41, 5.74) is 6.57. The maximum absolute atomic E-state index is 11.9. The molecule has 0 saturated heterocycles. The molecule has 0 aliphatic rings. The van der Waals surface area contributed by atoms with E-state index in [1.807, 2.05) is 31.4 Å². The van der Waals surface area contributed by atoms with Crippen LogP contribution in [0.25, 0.3) is 6.08 Å². The van der Waals surface area contributed by atoms with Crippen molar-refractivity contribution < 1.29 is 9.59 Å². The number of nitrogens with one attached hydrogen (secondary N) is 1. The largest absolute Gasteiger partial charge is 0.365 e. The van der Waals surface area contributed by atoms with Gasteiger partial charge < -0.3 is 11.1 Å². The molecule has 104 valence electrons. The van der Waals surface area contributed by atoms with E-state index in [9.17, 15) is 9.59 Å². The van der Waals surface area contributed by atoms with Gasteiger partial charge in [0.05, 0.1) is 5.56 Å². The highest BCUT2D eigenvalue weighted by atomic mass is 32.1. The molecule has 0 aliphatic heterocycles. The SMILES string of the molecule is Cc1sc(NC(=O)/C=C/c2cccs2)c(C(N)=O)c1C. The van der Waals surface area contributed by atoms with Crippen molar-refractivity contribution in [1.82, 2.24) is 0 Å². The molecule has 2 aromatic rings. The molecule has 20 heavy (non-hydrogen) atoms. The Balaban J connectivity index is 2.16. The van der Waals surface area contributed by atoms with Gasteiger partial charge in [-0.3, -0.25) is 9.59 Å². The summed E-state index contributed by atoms with van der Waals surface area (Å²) < 4.78 is 0. The van der Waals surface area contributed by atoms with Gasteiger partial charge in [-0.05, 0) is 36.9 Å². The van der Waals surface area contributed by atoms with E-state index in [-0.39, 0.29) is 5.91 Å². The van der Waals surface area contributed by atoms with Crippen LogP contribution in [0.1, 0.15) is 25.7 Å². The van der Waals surface area contributed by atoms with Crippen LogP contribution in [-0.2, 0) is 4.79 Å². The summed E-state index contributed by atoms with van der Waals surface area (Å²) >= 11 is 2.90. The highest BCUT2D eigenvalue weighted by Crippen LogP contribution is 2.32. The molecule has 0 spiro atoms. The molecule has 0 aliphatic carbocycles. The third-order valence-electron chi connectivity index (χ3n) is 2.81. The third kappa shape index (κ3) is 3.15. The second-order valence-electron chi connectivity index (χ2n) is 4.19. The number of thiophene rings is 2. The topological polar surface area (TPSA) is 72.2 Å². The van der Waals surface area contributed by atoms with E-state index >= 15 is 0 Å². The summed E-state index contributed by atoms with van der Waals surface area (Å²) in [6.45, 7) is 3.71. The number of nitrogens with two attached hydrogens (primary N) is 1. The van der Waals surface area contributed by atoms with Crippen LogP contribution in [0.3, 0.4) is 0 Å². The fourth-order valence-corrected chi connectivity index (χ4v) is 3.40. The summed E-state index contributed by atoms with van der Waals surface area (Å²) in [4.78, 5) is 25.3. The zero-order valence-electron chi connectivity index (χ0n) is 11.1. The van der Waals surface area contributed by atoms with Crippen LogP contribution in [0, 0.1) is 13.8 Å². The predicted molar refractivity (Wildman–Crippen MR) is 84.3 cm³/mol. The van der Waals surface area contributed by atoms with E-state index < -0.39 is 5.91 Å². The minimum Gasteiger partial charge on any atom is -0.365 e. The van der Waals surface area contributed by atoms with Crippen LogP contribution in [0.5, 0.6) is 0 Å². The second kappa shape index (κ2) is 6.02. The molecule has 3 N–H and O–H groups in total. The molecule has 0 saturated carbocycles. The molecule has 2 aromatic heterocycles. The summed E-state index contributed by atoms with van der Waals surface area (Å²) in [5.74, 6) is -0.800. The Kier molecular flexibility index (Phi) is 4.36. The Hall–Kier alpha value is -1.92. The van der Waals surface area contributed by atoms with Crippen LogP contribution in [0.4, 0.5) is 5.00 Å². The summed E-state index contributed by atoms with van der Waals surface area (Å²) in [6, 6.07) is 3.84. The lowest BCUT2D eigenvalue weighted by Crippen LogP contribution is -2.16.